The number of carbonyl (C=O) groups is 2. The third kappa shape index (κ3) is 2.80. The van der Waals surface area contributed by atoms with Gasteiger partial charge >= 0.3 is 0 Å². The molecule has 0 bridgehead atoms. The predicted octanol–water partition coefficient (Wildman–Crippen LogP) is 0.170. The number of carbonyl (C=O) groups excluding carboxylic acids is 2. The number of rotatable bonds is 3. The second kappa shape index (κ2) is 6.17. The molecule has 8 heteroatoms. The Morgan fingerprint density at radius 3 is 2.74 bits per heavy atom. The molecule has 120 valence electrons. The fourth-order valence-electron chi connectivity index (χ4n) is 2.87. The summed E-state index contributed by atoms with van der Waals surface area (Å²) in [7, 11) is 0. The van der Waals surface area contributed by atoms with Crippen molar-refractivity contribution in [2.75, 3.05) is 6.54 Å². The van der Waals surface area contributed by atoms with Crippen LogP contribution in [0.1, 0.15) is 28.8 Å². The fraction of sp³-hybridized carbons (Fsp3) is 0.333. The molecule has 3 N–H and O–H groups in total. The smallest absolute Gasteiger partial charge is 0.256 e. The van der Waals surface area contributed by atoms with Gasteiger partial charge in [0, 0.05) is 6.54 Å². The maximum absolute atomic E-state index is 13.0. The summed E-state index contributed by atoms with van der Waals surface area (Å²) in [6, 6.07) is 4.95. The van der Waals surface area contributed by atoms with E-state index in [9.17, 15) is 9.59 Å². The standard InChI is InChI=1S/C15H18N6O2/c1-10-4-5-12(21-17-6-7-18-21)11(9-10)15(23)20-8-2-3-13(20)14(22)19-16/h4-7,9,13H,2-3,8,16H2,1H3,(H,19,22)/t13-/m0/s1. The highest BCUT2D eigenvalue weighted by Gasteiger charge is 2.35. The largest absolute Gasteiger partial charge is 0.326 e. The Balaban J connectivity index is 1.99. The van der Waals surface area contributed by atoms with Crippen LogP contribution in [0.4, 0.5) is 0 Å². The molecule has 1 atom stereocenters. The Bertz CT molecular complexity index is 728. The van der Waals surface area contributed by atoms with Gasteiger partial charge < -0.3 is 4.90 Å². The van der Waals surface area contributed by atoms with Crippen LogP contribution in [0, 0.1) is 6.92 Å². The molecule has 0 spiro atoms. The Hall–Kier alpha value is -2.74. The van der Waals surface area contributed by atoms with Crippen molar-refractivity contribution in [2.24, 2.45) is 5.84 Å². The van der Waals surface area contributed by atoms with Gasteiger partial charge in [-0.2, -0.15) is 15.0 Å². The Labute approximate surface area is 133 Å². The van der Waals surface area contributed by atoms with E-state index in [0.717, 1.165) is 12.0 Å². The topological polar surface area (TPSA) is 106 Å². The summed E-state index contributed by atoms with van der Waals surface area (Å²) in [5.41, 5.74) is 4.14. The molecule has 1 aliphatic heterocycles. The number of hydrogen-bond donors (Lipinski definition) is 2. The average Bonchev–Trinajstić information content (AvgIpc) is 3.24. The first-order valence-corrected chi connectivity index (χ1v) is 7.40. The van der Waals surface area contributed by atoms with Crippen molar-refractivity contribution < 1.29 is 9.59 Å². The fourth-order valence-corrected chi connectivity index (χ4v) is 2.87. The highest BCUT2D eigenvalue weighted by molar-refractivity contribution is 6.00. The number of nitrogens with zero attached hydrogens (tertiary/aromatic N) is 4. The maximum atomic E-state index is 13.0. The van der Waals surface area contributed by atoms with Gasteiger partial charge in [-0.25, -0.2) is 5.84 Å². The molecule has 23 heavy (non-hydrogen) atoms. The zero-order valence-corrected chi connectivity index (χ0v) is 12.8. The number of nitrogens with two attached hydrogens (primary N) is 1. The number of amides is 2. The van der Waals surface area contributed by atoms with Gasteiger partial charge in [0.1, 0.15) is 6.04 Å². The number of hydrazine groups is 1. The second-order valence-corrected chi connectivity index (χ2v) is 5.50. The van der Waals surface area contributed by atoms with Crippen molar-refractivity contribution in [1.82, 2.24) is 25.3 Å². The van der Waals surface area contributed by atoms with E-state index < -0.39 is 6.04 Å². The monoisotopic (exact) mass is 314 g/mol. The molecule has 0 aliphatic carbocycles. The van der Waals surface area contributed by atoms with E-state index in [2.05, 4.69) is 15.6 Å². The van der Waals surface area contributed by atoms with Crippen LogP contribution in [-0.2, 0) is 4.79 Å². The van der Waals surface area contributed by atoms with Gasteiger partial charge in [0.2, 0.25) is 0 Å². The Kier molecular flexibility index (Phi) is 4.07. The first-order chi connectivity index (χ1) is 11.1. The van der Waals surface area contributed by atoms with Crippen LogP contribution in [-0.4, -0.2) is 44.3 Å². The highest BCUT2D eigenvalue weighted by atomic mass is 16.2. The van der Waals surface area contributed by atoms with E-state index in [4.69, 9.17) is 5.84 Å². The summed E-state index contributed by atoms with van der Waals surface area (Å²) in [5.74, 6) is 4.66. The van der Waals surface area contributed by atoms with Crippen LogP contribution in [0.15, 0.2) is 30.6 Å². The zero-order valence-electron chi connectivity index (χ0n) is 12.8. The number of aromatic nitrogens is 3. The molecule has 1 fully saturated rings. The lowest BCUT2D eigenvalue weighted by Gasteiger charge is -2.24. The van der Waals surface area contributed by atoms with E-state index in [-0.39, 0.29) is 11.8 Å². The molecule has 0 saturated carbocycles. The normalized spacial score (nSPS) is 17.3. The minimum absolute atomic E-state index is 0.216. The molecule has 1 aromatic heterocycles. The van der Waals surface area contributed by atoms with Gasteiger partial charge in [-0.05, 0) is 31.9 Å². The third-order valence-electron chi connectivity index (χ3n) is 3.98. The minimum Gasteiger partial charge on any atom is -0.326 e. The third-order valence-corrected chi connectivity index (χ3v) is 3.98. The van der Waals surface area contributed by atoms with Crippen molar-refractivity contribution in [2.45, 2.75) is 25.8 Å². The van der Waals surface area contributed by atoms with E-state index in [1.165, 1.54) is 4.80 Å². The van der Waals surface area contributed by atoms with Crippen molar-refractivity contribution in [3.63, 3.8) is 0 Å². The van der Waals surface area contributed by atoms with Gasteiger partial charge in [0.05, 0.1) is 23.6 Å². The Morgan fingerprint density at radius 2 is 2.04 bits per heavy atom. The average molecular weight is 314 g/mol. The van der Waals surface area contributed by atoms with Crippen LogP contribution in [0.3, 0.4) is 0 Å². The van der Waals surface area contributed by atoms with Gasteiger partial charge in [0.25, 0.3) is 11.8 Å². The lowest BCUT2D eigenvalue weighted by Crippen LogP contribution is -2.48. The van der Waals surface area contributed by atoms with E-state index in [1.807, 2.05) is 13.0 Å². The number of likely N-dealkylation sites (tertiary alicyclic amines) is 1. The summed E-state index contributed by atoms with van der Waals surface area (Å²) in [4.78, 5) is 27.8. The Morgan fingerprint density at radius 1 is 1.30 bits per heavy atom. The molecular formula is C15H18N6O2. The summed E-state index contributed by atoms with van der Waals surface area (Å²) >= 11 is 0. The molecule has 1 aromatic carbocycles. The molecule has 2 amide bonds. The van der Waals surface area contributed by atoms with Crippen LogP contribution < -0.4 is 11.3 Å². The molecule has 3 rings (SSSR count). The van der Waals surface area contributed by atoms with Gasteiger partial charge in [-0.15, -0.1) is 0 Å². The summed E-state index contributed by atoms with van der Waals surface area (Å²) in [5, 5.41) is 8.18. The molecule has 1 aliphatic rings. The minimum atomic E-state index is -0.536. The van der Waals surface area contributed by atoms with Gasteiger partial charge in [-0.1, -0.05) is 11.6 Å². The molecular weight excluding hydrogens is 296 g/mol. The summed E-state index contributed by atoms with van der Waals surface area (Å²) < 4.78 is 0. The molecule has 2 aromatic rings. The number of benzene rings is 1. The van der Waals surface area contributed by atoms with Crippen molar-refractivity contribution in [3.8, 4) is 5.69 Å². The predicted molar refractivity (Wildman–Crippen MR) is 82.5 cm³/mol. The molecule has 0 radical (unpaired) electrons. The van der Waals surface area contributed by atoms with Crippen molar-refractivity contribution in [1.29, 1.82) is 0 Å². The maximum Gasteiger partial charge on any atom is 0.256 e. The van der Waals surface area contributed by atoms with Crippen LogP contribution in [0.25, 0.3) is 5.69 Å². The summed E-state index contributed by atoms with van der Waals surface area (Å²) in [6.07, 6.45) is 4.48. The van der Waals surface area contributed by atoms with Crippen molar-refractivity contribution in [3.05, 3.63) is 41.7 Å². The molecule has 8 nitrogen and oxygen atoms in total. The molecule has 1 saturated heterocycles. The number of nitrogens with one attached hydrogen (secondary N) is 1. The van der Waals surface area contributed by atoms with Gasteiger partial charge in [-0.3, -0.25) is 15.0 Å². The van der Waals surface area contributed by atoms with Gasteiger partial charge in [0.15, 0.2) is 0 Å². The number of hydrogen-bond acceptors (Lipinski definition) is 5. The second-order valence-electron chi connectivity index (χ2n) is 5.50. The first kappa shape index (κ1) is 15.2. The van der Waals surface area contributed by atoms with Crippen molar-refractivity contribution >= 4 is 11.8 Å². The van der Waals surface area contributed by atoms with E-state index in [0.29, 0.717) is 24.2 Å². The number of aryl methyl sites for hydroxylation is 1. The van der Waals surface area contributed by atoms with Crippen LogP contribution in [0.2, 0.25) is 0 Å². The lowest BCUT2D eigenvalue weighted by atomic mass is 10.1. The quantitative estimate of drug-likeness (QED) is 0.477. The zero-order chi connectivity index (χ0) is 16.4. The van der Waals surface area contributed by atoms with E-state index >= 15 is 0 Å². The SMILES string of the molecule is Cc1ccc(-n2nccn2)c(C(=O)N2CCC[C@H]2C(=O)NN)c1. The van der Waals surface area contributed by atoms with Crippen LogP contribution >= 0.6 is 0 Å². The lowest BCUT2D eigenvalue weighted by molar-refractivity contribution is -0.124. The molecule has 2 heterocycles. The highest BCUT2D eigenvalue weighted by Crippen LogP contribution is 2.23. The van der Waals surface area contributed by atoms with Crippen LogP contribution in [0.5, 0.6) is 0 Å². The van der Waals surface area contributed by atoms with E-state index in [1.54, 1.807) is 29.4 Å². The summed E-state index contributed by atoms with van der Waals surface area (Å²) in [6.45, 7) is 2.43. The molecule has 0 unspecified atom stereocenters. The first-order valence-electron chi connectivity index (χ1n) is 7.40.